The fourth-order valence-electron chi connectivity index (χ4n) is 3.53. The Morgan fingerprint density at radius 1 is 1.12 bits per heavy atom. The number of imide groups is 2. The average molecular weight is 443 g/mol. The summed E-state index contributed by atoms with van der Waals surface area (Å²) in [6, 6.07) is 5.55. The zero-order valence-corrected chi connectivity index (χ0v) is 16.3. The number of nitrogens with one attached hydrogen (secondary N) is 2. The topological polar surface area (TPSA) is 122 Å². The van der Waals surface area contributed by atoms with Crippen molar-refractivity contribution in [2.45, 2.75) is 18.9 Å². The fourth-order valence-corrected chi connectivity index (χ4v) is 3.53. The Bertz CT molecular complexity index is 1180. The second-order valence-corrected chi connectivity index (χ2v) is 7.09. The number of rotatable bonds is 5. The molecule has 2 aromatic rings. The molecular weight excluding hydrogens is 428 g/mol. The van der Waals surface area contributed by atoms with Gasteiger partial charge in [0.05, 0.1) is 16.8 Å². The largest absolute Gasteiger partial charge is 0.483 e. The second kappa shape index (κ2) is 8.17. The maximum atomic E-state index is 13.7. The molecule has 0 spiro atoms. The van der Waals surface area contributed by atoms with E-state index in [9.17, 15) is 32.8 Å². The van der Waals surface area contributed by atoms with Gasteiger partial charge < -0.3 is 10.1 Å². The van der Waals surface area contributed by atoms with Crippen molar-refractivity contribution in [3.05, 3.63) is 59.2 Å². The lowest BCUT2D eigenvalue weighted by Crippen LogP contribution is -2.54. The highest BCUT2D eigenvalue weighted by Gasteiger charge is 2.46. The third kappa shape index (κ3) is 3.80. The zero-order valence-electron chi connectivity index (χ0n) is 16.3. The molecule has 1 unspecified atom stereocenters. The Hall–Kier alpha value is -4.15. The molecule has 4 rings (SSSR count). The van der Waals surface area contributed by atoms with Crippen LogP contribution >= 0.6 is 0 Å². The van der Waals surface area contributed by atoms with Crippen molar-refractivity contribution in [3.8, 4) is 5.75 Å². The molecule has 2 heterocycles. The zero-order chi connectivity index (χ0) is 23.0. The first kappa shape index (κ1) is 21.1. The van der Waals surface area contributed by atoms with Crippen LogP contribution in [0.5, 0.6) is 5.75 Å². The maximum Gasteiger partial charge on any atom is 0.266 e. The molecule has 0 aromatic heterocycles. The van der Waals surface area contributed by atoms with Crippen LogP contribution < -0.4 is 15.4 Å². The first-order valence-electron chi connectivity index (χ1n) is 9.48. The van der Waals surface area contributed by atoms with Crippen LogP contribution in [0.3, 0.4) is 0 Å². The molecule has 0 aliphatic carbocycles. The van der Waals surface area contributed by atoms with Crippen LogP contribution in [0.4, 0.5) is 14.5 Å². The van der Waals surface area contributed by atoms with E-state index in [1.807, 2.05) is 0 Å². The standard InChI is InChI=1S/C21H15F2N3O6/c22-10-4-5-12(23)13(8-10)24-17(28)9-32-15-3-1-2-11-18(15)21(31)26(20(11)30)14-6-7-16(27)25-19(14)29/h1-5,8,14H,6-7,9H2,(H,24,28)(H,25,27,29). The summed E-state index contributed by atoms with van der Waals surface area (Å²) in [6.45, 7) is -0.660. The van der Waals surface area contributed by atoms with Crippen molar-refractivity contribution in [1.82, 2.24) is 10.2 Å². The van der Waals surface area contributed by atoms with Gasteiger partial charge in [-0.3, -0.25) is 34.2 Å². The molecule has 2 aliphatic heterocycles. The predicted molar refractivity (Wildman–Crippen MR) is 104 cm³/mol. The number of benzene rings is 2. The summed E-state index contributed by atoms with van der Waals surface area (Å²) in [5.41, 5.74) is -0.534. The first-order valence-corrected chi connectivity index (χ1v) is 9.48. The molecule has 2 aromatic carbocycles. The minimum Gasteiger partial charge on any atom is -0.483 e. The average Bonchev–Trinajstić information content (AvgIpc) is 3.00. The van der Waals surface area contributed by atoms with Crippen LogP contribution in [0, 0.1) is 11.6 Å². The lowest BCUT2D eigenvalue weighted by Gasteiger charge is -2.27. The van der Waals surface area contributed by atoms with E-state index in [1.165, 1.54) is 18.2 Å². The number of halogens is 2. The quantitative estimate of drug-likeness (QED) is 0.674. The summed E-state index contributed by atoms with van der Waals surface area (Å²) in [5.74, 6) is -5.29. The summed E-state index contributed by atoms with van der Waals surface area (Å²) in [5, 5.41) is 4.25. The number of carbonyl (C=O) groups is 5. The molecule has 1 fully saturated rings. The molecule has 1 atom stereocenters. The molecule has 32 heavy (non-hydrogen) atoms. The Morgan fingerprint density at radius 2 is 1.91 bits per heavy atom. The molecular formula is C21H15F2N3O6. The van der Waals surface area contributed by atoms with Crippen LogP contribution in [0.15, 0.2) is 36.4 Å². The number of nitrogens with zero attached hydrogens (tertiary/aromatic N) is 1. The molecule has 0 bridgehead atoms. The summed E-state index contributed by atoms with van der Waals surface area (Å²) < 4.78 is 32.3. The van der Waals surface area contributed by atoms with Crippen molar-refractivity contribution in [2.24, 2.45) is 0 Å². The number of fused-ring (bicyclic) bond motifs is 1. The predicted octanol–water partition coefficient (Wildman–Crippen LogP) is 1.38. The summed E-state index contributed by atoms with van der Waals surface area (Å²) in [6.07, 6.45) is -0.0299. The number of anilines is 1. The minimum absolute atomic E-state index is 0.00602. The minimum atomic E-state index is -1.15. The van der Waals surface area contributed by atoms with Gasteiger partial charge in [0.2, 0.25) is 11.8 Å². The van der Waals surface area contributed by atoms with Crippen molar-refractivity contribution in [1.29, 1.82) is 0 Å². The Morgan fingerprint density at radius 3 is 2.66 bits per heavy atom. The molecule has 2 N–H and O–H groups in total. The van der Waals surface area contributed by atoms with E-state index in [4.69, 9.17) is 4.74 Å². The SMILES string of the molecule is O=C1CCC(N2C(=O)c3cccc(OCC(=O)Nc4cc(F)ccc4F)c3C2=O)C(=O)N1. The highest BCUT2D eigenvalue weighted by atomic mass is 19.1. The van der Waals surface area contributed by atoms with Gasteiger partial charge in [-0.2, -0.15) is 0 Å². The van der Waals surface area contributed by atoms with Crippen molar-refractivity contribution >= 4 is 35.2 Å². The van der Waals surface area contributed by atoms with E-state index in [0.717, 1.165) is 23.1 Å². The fraction of sp³-hybridized carbons (Fsp3) is 0.190. The molecule has 0 radical (unpaired) electrons. The van der Waals surface area contributed by atoms with Gasteiger partial charge in [-0.15, -0.1) is 0 Å². The van der Waals surface area contributed by atoms with Gasteiger partial charge in [-0.05, 0) is 30.7 Å². The van der Waals surface area contributed by atoms with Gasteiger partial charge in [0.1, 0.15) is 23.4 Å². The monoisotopic (exact) mass is 443 g/mol. The van der Waals surface area contributed by atoms with Gasteiger partial charge >= 0.3 is 0 Å². The number of hydrogen-bond donors (Lipinski definition) is 2. The smallest absolute Gasteiger partial charge is 0.266 e. The molecule has 11 heteroatoms. The van der Waals surface area contributed by atoms with Crippen molar-refractivity contribution < 1.29 is 37.5 Å². The summed E-state index contributed by atoms with van der Waals surface area (Å²) in [4.78, 5) is 62.1. The van der Waals surface area contributed by atoms with Crippen molar-refractivity contribution in [2.75, 3.05) is 11.9 Å². The molecule has 2 aliphatic rings. The van der Waals surface area contributed by atoms with Crippen LogP contribution in [-0.4, -0.2) is 47.1 Å². The Balaban J connectivity index is 1.51. The molecule has 9 nitrogen and oxygen atoms in total. The van der Waals surface area contributed by atoms with Crippen LogP contribution in [0.25, 0.3) is 0 Å². The van der Waals surface area contributed by atoms with Crippen molar-refractivity contribution in [3.63, 3.8) is 0 Å². The van der Waals surface area contributed by atoms with E-state index in [1.54, 1.807) is 0 Å². The number of ether oxygens (including phenoxy) is 1. The summed E-state index contributed by atoms with van der Waals surface area (Å²) >= 11 is 0. The Labute approximate surface area is 179 Å². The summed E-state index contributed by atoms with van der Waals surface area (Å²) in [7, 11) is 0. The van der Waals surface area contributed by atoms with Gasteiger partial charge in [0.25, 0.3) is 17.7 Å². The first-order chi connectivity index (χ1) is 15.3. The van der Waals surface area contributed by atoms with E-state index in [0.29, 0.717) is 0 Å². The van der Waals surface area contributed by atoms with Crippen LogP contribution in [0.1, 0.15) is 33.6 Å². The lowest BCUT2D eigenvalue weighted by molar-refractivity contribution is -0.136. The van der Waals surface area contributed by atoms with Gasteiger partial charge in [0.15, 0.2) is 6.61 Å². The van der Waals surface area contributed by atoms with E-state index >= 15 is 0 Å². The van der Waals surface area contributed by atoms with Crippen LogP contribution in [0.2, 0.25) is 0 Å². The van der Waals surface area contributed by atoms with Gasteiger partial charge in [-0.25, -0.2) is 8.78 Å². The van der Waals surface area contributed by atoms with Gasteiger partial charge in [0, 0.05) is 12.5 Å². The maximum absolute atomic E-state index is 13.7. The normalized spacial score (nSPS) is 17.8. The van der Waals surface area contributed by atoms with E-state index in [-0.39, 0.29) is 35.4 Å². The van der Waals surface area contributed by atoms with E-state index < -0.39 is 53.8 Å². The lowest BCUT2D eigenvalue weighted by atomic mass is 10.0. The number of piperidine rings is 1. The van der Waals surface area contributed by atoms with Crippen LogP contribution in [-0.2, 0) is 14.4 Å². The number of carbonyl (C=O) groups excluding carboxylic acids is 5. The third-order valence-corrected chi connectivity index (χ3v) is 4.99. The molecule has 5 amide bonds. The molecule has 1 saturated heterocycles. The molecule has 0 saturated carbocycles. The number of hydrogen-bond acceptors (Lipinski definition) is 6. The highest BCUT2D eigenvalue weighted by Crippen LogP contribution is 2.33. The second-order valence-electron chi connectivity index (χ2n) is 7.09. The Kier molecular flexibility index (Phi) is 5.39. The number of amides is 5. The van der Waals surface area contributed by atoms with Gasteiger partial charge in [-0.1, -0.05) is 6.07 Å². The third-order valence-electron chi connectivity index (χ3n) is 4.99. The molecule has 164 valence electrons. The highest BCUT2D eigenvalue weighted by molar-refractivity contribution is 6.24. The van der Waals surface area contributed by atoms with E-state index in [2.05, 4.69) is 10.6 Å².